The maximum atomic E-state index is 11.9. The fraction of sp³-hybridized carbons (Fsp3) is 0.929. The zero-order valence-corrected chi connectivity index (χ0v) is 12.2. The number of carbonyl (C=O) groups is 1. The molecule has 19 heavy (non-hydrogen) atoms. The van der Waals surface area contributed by atoms with Crippen molar-refractivity contribution < 1.29 is 9.53 Å². The molecule has 5 nitrogen and oxygen atoms in total. The number of likely N-dealkylation sites (N-methyl/N-ethyl adjacent to an activating group) is 1. The number of nitrogens with one attached hydrogen (secondary N) is 1. The second-order valence-electron chi connectivity index (χ2n) is 5.90. The van der Waals surface area contributed by atoms with Crippen molar-refractivity contribution in [2.45, 2.75) is 57.2 Å². The van der Waals surface area contributed by atoms with Gasteiger partial charge in [0.2, 0.25) is 5.91 Å². The maximum Gasteiger partial charge on any atom is 0.237 e. The SMILES string of the molecule is CCNC1(C(N)=O)CCCC(N2CCOC(C)C2)C1. The molecular formula is C14H27N3O2. The average molecular weight is 269 g/mol. The van der Waals surface area contributed by atoms with Crippen molar-refractivity contribution in [1.29, 1.82) is 0 Å². The highest BCUT2D eigenvalue weighted by molar-refractivity contribution is 5.84. The molecule has 1 saturated heterocycles. The molecule has 1 aliphatic heterocycles. The molecule has 3 atom stereocenters. The van der Waals surface area contributed by atoms with Gasteiger partial charge in [-0.2, -0.15) is 0 Å². The summed E-state index contributed by atoms with van der Waals surface area (Å²) in [5, 5.41) is 3.35. The summed E-state index contributed by atoms with van der Waals surface area (Å²) >= 11 is 0. The van der Waals surface area contributed by atoms with Gasteiger partial charge in [-0.3, -0.25) is 9.69 Å². The molecule has 0 aromatic rings. The van der Waals surface area contributed by atoms with E-state index in [-0.39, 0.29) is 12.0 Å². The number of amides is 1. The molecule has 2 aliphatic rings. The summed E-state index contributed by atoms with van der Waals surface area (Å²) in [5.74, 6) is -0.194. The number of hydrogen-bond donors (Lipinski definition) is 2. The van der Waals surface area contributed by atoms with E-state index in [4.69, 9.17) is 10.5 Å². The minimum Gasteiger partial charge on any atom is -0.376 e. The van der Waals surface area contributed by atoms with E-state index in [1.807, 2.05) is 6.92 Å². The van der Waals surface area contributed by atoms with Crippen LogP contribution in [0.2, 0.25) is 0 Å². The number of rotatable bonds is 4. The van der Waals surface area contributed by atoms with Gasteiger partial charge >= 0.3 is 0 Å². The summed E-state index contributed by atoms with van der Waals surface area (Å²) in [6.07, 6.45) is 4.22. The fourth-order valence-electron chi connectivity index (χ4n) is 3.54. The number of morpholine rings is 1. The van der Waals surface area contributed by atoms with Gasteiger partial charge in [0.25, 0.3) is 0 Å². The van der Waals surface area contributed by atoms with E-state index in [9.17, 15) is 4.79 Å². The Morgan fingerprint density at radius 1 is 1.58 bits per heavy atom. The minimum atomic E-state index is -0.501. The first-order valence-corrected chi connectivity index (χ1v) is 7.48. The second kappa shape index (κ2) is 6.20. The average Bonchev–Trinajstić information content (AvgIpc) is 2.39. The third kappa shape index (κ3) is 3.27. The first kappa shape index (κ1) is 14.8. The number of carbonyl (C=O) groups excluding carboxylic acids is 1. The van der Waals surface area contributed by atoms with Crippen LogP contribution in [0.25, 0.3) is 0 Å². The Kier molecular flexibility index (Phi) is 4.81. The Labute approximate surface area is 115 Å². The van der Waals surface area contributed by atoms with Crippen molar-refractivity contribution in [3.05, 3.63) is 0 Å². The summed E-state index contributed by atoms with van der Waals surface area (Å²) in [5.41, 5.74) is 5.16. The van der Waals surface area contributed by atoms with Crippen LogP contribution >= 0.6 is 0 Å². The Bertz CT molecular complexity index is 320. The van der Waals surface area contributed by atoms with Crippen LogP contribution in [0.5, 0.6) is 0 Å². The normalized spacial score (nSPS) is 37.2. The van der Waals surface area contributed by atoms with Gasteiger partial charge in [-0.05, 0) is 39.2 Å². The molecule has 3 unspecified atom stereocenters. The minimum absolute atomic E-state index is 0.194. The van der Waals surface area contributed by atoms with Crippen molar-refractivity contribution in [2.75, 3.05) is 26.2 Å². The standard InChI is InChI=1S/C14H27N3O2/c1-3-16-14(13(15)18)6-4-5-12(9-14)17-7-8-19-11(2)10-17/h11-12,16H,3-10H2,1-2H3,(H2,15,18). The predicted octanol–water partition coefficient (Wildman–Crippen LogP) is 0.483. The van der Waals surface area contributed by atoms with E-state index >= 15 is 0 Å². The van der Waals surface area contributed by atoms with Crippen LogP contribution in [0, 0.1) is 0 Å². The van der Waals surface area contributed by atoms with Crippen LogP contribution in [-0.2, 0) is 9.53 Å². The summed E-state index contributed by atoms with van der Waals surface area (Å²) in [6, 6.07) is 0.451. The van der Waals surface area contributed by atoms with Gasteiger partial charge in [-0.1, -0.05) is 6.92 Å². The molecule has 5 heteroatoms. The van der Waals surface area contributed by atoms with Gasteiger partial charge in [-0.15, -0.1) is 0 Å². The van der Waals surface area contributed by atoms with E-state index in [2.05, 4.69) is 17.1 Å². The molecule has 0 spiro atoms. The first-order valence-electron chi connectivity index (χ1n) is 7.48. The van der Waals surface area contributed by atoms with Crippen LogP contribution in [0.3, 0.4) is 0 Å². The molecule has 1 heterocycles. The van der Waals surface area contributed by atoms with Crippen LogP contribution in [0.4, 0.5) is 0 Å². The lowest BCUT2D eigenvalue weighted by molar-refractivity contribution is -0.127. The highest BCUT2D eigenvalue weighted by Crippen LogP contribution is 2.32. The molecule has 1 saturated carbocycles. The smallest absolute Gasteiger partial charge is 0.237 e. The lowest BCUT2D eigenvalue weighted by atomic mass is 9.77. The van der Waals surface area contributed by atoms with E-state index in [0.717, 1.165) is 51.9 Å². The van der Waals surface area contributed by atoms with Crippen LogP contribution in [-0.4, -0.2) is 54.7 Å². The zero-order valence-electron chi connectivity index (χ0n) is 12.2. The number of ether oxygens (including phenoxy) is 1. The molecule has 0 bridgehead atoms. The molecule has 1 amide bonds. The summed E-state index contributed by atoms with van der Waals surface area (Å²) in [4.78, 5) is 14.3. The second-order valence-corrected chi connectivity index (χ2v) is 5.90. The Morgan fingerprint density at radius 2 is 2.37 bits per heavy atom. The molecule has 2 rings (SSSR count). The number of hydrogen-bond acceptors (Lipinski definition) is 4. The number of nitrogens with zero attached hydrogens (tertiary/aromatic N) is 1. The topological polar surface area (TPSA) is 67.6 Å². The Morgan fingerprint density at radius 3 is 3.00 bits per heavy atom. The number of primary amides is 1. The molecule has 3 N–H and O–H groups in total. The highest BCUT2D eigenvalue weighted by Gasteiger charge is 2.42. The molecule has 2 fully saturated rings. The van der Waals surface area contributed by atoms with Crippen molar-refractivity contribution in [3.63, 3.8) is 0 Å². The van der Waals surface area contributed by atoms with Gasteiger partial charge in [0.05, 0.1) is 18.2 Å². The molecular weight excluding hydrogens is 242 g/mol. The summed E-state index contributed by atoms with van der Waals surface area (Å²) in [7, 11) is 0. The lowest BCUT2D eigenvalue weighted by Crippen LogP contribution is -2.61. The van der Waals surface area contributed by atoms with Crippen molar-refractivity contribution in [3.8, 4) is 0 Å². The predicted molar refractivity (Wildman–Crippen MR) is 74.8 cm³/mol. The van der Waals surface area contributed by atoms with E-state index < -0.39 is 5.54 Å². The van der Waals surface area contributed by atoms with E-state index in [1.54, 1.807) is 0 Å². The van der Waals surface area contributed by atoms with Crippen LogP contribution < -0.4 is 11.1 Å². The van der Waals surface area contributed by atoms with Crippen molar-refractivity contribution >= 4 is 5.91 Å². The molecule has 1 aliphatic carbocycles. The maximum absolute atomic E-state index is 11.9. The van der Waals surface area contributed by atoms with Gasteiger partial charge in [0, 0.05) is 19.1 Å². The summed E-state index contributed by atoms with van der Waals surface area (Å²) < 4.78 is 5.60. The summed E-state index contributed by atoms with van der Waals surface area (Å²) in [6.45, 7) is 7.66. The van der Waals surface area contributed by atoms with Crippen molar-refractivity contribution in [1.82, 2.24) is 10.2 Å². The highest BCUT2D eigenvalue weighted by atomic mass is 16.5. The van der Waals surface area contributed by atoms with Crippen LogP contribution in [0.1, 0.15) is 39.5 Å². The Balaban J connectivity index is 2.04. The molecule has 0 aromatic carbocycles. The van der Waals surface area contributed by atoms with E-state index in [0.29, 0.717) is 6.04 Å². The van der Waals surface area contributed by atoms with Gasteiger partial charge in [-0.25, -0.2) is 0 Å². The zero-order chi connectivity index (χ0) is 13.9. The molecule has 0 radical (unpaired) electrons. The monoisotopic (exact) mass is 269 g/mol. The fourth-order valence-corrected chi connectivity index (χ4v) is 3.54. The van der Waals surface area contributed by atoms with Gasteiger partial charge in [0.15, 0.2) is 0 Å². The third-order valence-electron chi connectivity index (χ3n) is 4.50. The quantitative estimate of drug-likeness (QED) is 0.779. The van der Waals surface area contributed by atoms with Crippen LogP contribution in [0.15, 0.2) is 0 Å². The third-order valence-corrected chi connectivity index (χ3v) is 4.50. The molecule has 0 aromatic heterocycles. The van der Waals surface area contributed by atoms with Crippen molar-refractivity contribution in [2.24, 2.45) is 5.73 Å². The number of nitrogens with two attached hydrogens (primary N) is 1. The Hall–Kier alpha value is -0.650. The van der Waals surface area contributed by atoms with Gasteiger partial charge in [0.1, 0.15) is 0 Å². The largest absolute Gasteiger partial charge is 0.376 e. The molecule has 110 valence electrons. The lowest BCUT2D eigenvalue weighted by Gasteiger charge is -2.45. The van der Waals surface area contributed by atoms with Gasteiger partial charge < -0.3 is 15.8 Å². The first-order chi connectivity index (χ1) is 9.07. The van der Waals surface area contributed by atoms with E-state index in [1.165, 1.54) is 0 Å².